The molecule has 1 heterocycles. The second-order valence-corrected chi connectivity index (χ2v) is 8.20. The van der Waals surface area contributed by atoms with Gasteiger partial charge in [0.2, 0.25) is 10.0 Å². The Morgan fingerprint density at radius 1 is 1.36 bits per heavy atom. The number of ether oxygens (including phenoxy) is 1. The largest absolute Gasteiger partial charge is 0.378 e. The van der Waals surface area contributed by atoms with Gasteiger partial charge in [0.25, 0.3) is 0 Å². The molecule has 0 bridgehead atoms. The first-order valence-corrected chi connectivity index (χ1v) is 9.77. The molecule has 1 fully saturated rings. The van der Waals surface area contributed by atoms with Crippen LogP contribution in [0, 0.1) is 6.92 Å². The van der Waals surface area contributed by atoms with Crippen molar-refractivity contribution in [3.63, 3.8) is 0 Å². The van der Waals surface area contributed by atoms with Crippen LogP contribution in [0.2, 0.25) is 0 Å². The van der Waals surface area contributed by atoms with E-state index in [0.29, 0.717) is 35.6 Å². The van der Waals surface area contributed by atoms with E-state index in [1.54, 1.807) is 16.4 Å². The molecule has 0 atom stereocenters. The summed E-state index contributed by atoms with van der Waals surface area (Å²) < 4.78 is 33.5. The summed E-state index contributed by atoms with van der Waals surface area (Å²) in [6.45, 7) is 4.15. The highest BCUT2D eigenvalue weighted by atomic mass is 79.9. The zero-order chi connectivity index (χ0) is 16.2. The molecule has 1 aliphatic heterocycles. The van der Waals surface area contributed by atoms with E-state index in [4.69, 9.17) is 10.5 Å². The van der Waals surface area contributed by atoms with Crippen molar-refractivity contribution in [3.05, 3.63) is 28.2 Å². The number of hydrogen-bond donors (Lipinski definition) is 1. The van der Waals surface area contributed by atoms with Crippen LogP contribution < -0.4 is 5.73 Å². The minimum absolute atomic E-state index is 0.138. The number of aryl methyl sites for hydroxylation is 1. The van der Waals surface area contributed by atoms with Crippen molar-refractivity contribution >= 4 is 26.0 Å². The SMILES string of the molecule is Cc1cccc(S(=O)(=O)N2CCC(OCCCN)CC2)c1Br. The third-order valence-corrected chi connectivity index (χ3v) is 7.13. The molecule has 7 heteroatoms. The van der Waals surface area contributed by atoms with Gasteiger partial charge in [0.1, 0.15) is 0 Å². The van der Waals surface area contributed by atoms with E-state index in [1.807, 2.05) is 13.0 Å². The lowest BCUT2D eigenvalue weighted by Crippen LogP contribution is -2.41. The maximum Gasteiger partial charge on any atom is 0.244 e. The van der Waals surface area contributed by atoms with Crippen molar-refractivity contribution in [3.8, 4) is 0 Å². The Labute approximate surface area is 141 Å². The monoisotopic (exact) mass is 390 g/mol. The lowest BCUT2D eigenvalue weighted by Gasteiger charge is -2.31. The van der Waals surface area contributed by atoms with Gasteiger partial charge in [-0.1, -0.05) is 12.1 Å². The topological polar surface area (TPSA) is 72.6 Å². The summed E-state index contributed by atoms with van der Waals surface area (Å²) in [5.74, 6) is 0. The Kier molecular flexibility index (Phi) is 6.40. The average molecular weight is 391 g/mol. The molecule has 1 aliphatic rings. The van der Waals surface area contributed by atoms with Crippen molar-refractivity contribution in [2.75, 3.05) is 26.2 Å². The number of nitrogens with zero attached hydrogens (tertiary/aromatic N) is 1. The number of halogens is 1. The molecular weight excluding hydrogens is 368 g/mol. The molecule has 0 amide bonds. The van der Waals surface area contributed by atoms with Gasteiger partial charge in [-0.05, 0) is 60.3 Å². The molecule has 0 spiro atoms. The van der Waals surface area contributed by atoms with E-state index in [0.717, 1.165) is 24.8 Å². The maximum absolute atomic E-state index is 12.8. The number of nitrogens with two attached hydrogens (primary N) is 1. The van der Waals surface area contributed by atoms with E-state index >= 15 is 0 Å². The van der Waals surface area contributed by atoms with Crippen molar-refractivity contribution in [1.29, 1.82) is 0 Å². The molecular formula is C15H23BrN2O3S. The van der Waals surface area contributed by atoms with Crippen LogP contribution in [-0.2, 0) is 14.8 Å². The fourth-order valence-electron chi connectivity index (χ4n) is 2.53. The predicted octanol–water partition coefficient (Wildman–Crippen LogP) is 2.28. The summed E-state index contributed by atoms with van der Waals surface area (Å²) >= 11 is 3.39. The Balaban J connectivity index is 2.02. The Bertz CT molecular complexity index is 599. The van der Waals surface area contributed by atoms with Gasteiger partial charge in [0, 0.05) is 24.2 Å². The highest BCUT2D eigenvalue weighted by Gasteiger charge is 2.31. The number of rotatable bonds is 6. The first-order valence-electron chi connectivity index (χ1n) is 7.53. The molecule has 0 aliphatic carbocycles. The van der Waals surface area contributed by atoms with E-state index in [2.05, 4.69) is 15.9 Å². The summed E-state index contributed by atoms with van der Waals surface area (Å²) in [7, 11) is -3.45. The molecule has 22 heavy (non-hydrogen) atoms. The highest BCUT2D eigenvalue weighted by molar-refractivity contribution is 9.10. The van der Waals surface area contributed by atoms with Crippen LogP contribution in [0.25, 0.3) is 0 Å². The molecule has 1 saturated heterocycles. The van der Waals surface area contributed by atoms with Crippen molar-refractivity contribution in [1.82, 2.24) is 4.31 Å². The molecule has 1 aromatic carbocycles. The smallest absolute Gasteiger partial charge is 0.244 e. The number of benzene rings is 1. The Morgan fingerprint density at radius 2 is 2.05 bits per heavy atom. The molecule has 1 aromatic rings. The van der Waals surface area contributed by atoms with Gasteiger partial charge in [-0.2, -0.15) is 4.31 Å². The predicted molar refractivity (Wildman–Crippen MR) is 90.3 cm³/mol. The number of sulfonamides is 1. The van der Waals surface area contributed by atoms with Gasteiger partial charge in [-0.15, -0.1) is 0 Å². The Morgan fingerprint density at radius 3 is 2.68 bits per heavy atom. The van der Waals surface area contributed by atoms with E-state index in [-0.39, 0.29) is 6.10 Å². The second kappa shape index (κ2) is 7.88. The summed E-state index contributed by atoms with van der Waals surface area (Å²) in [5.41, 5.74) is 6.36. The van der Waals surface area contributed by atoms with E-state index in [9.17, 15) is 8.42 Å². The zero-order valence-electron chi connectivity index (χ0n) is 12.8. The summed E-state index contributed by atoms with van der Waals surface area (Å²) in [4.78, 5) is 0.343. The van der Waals surface area contributed by atoms with E-state index in [1.165, 1.54) is 0 Å². The fraction of sp³-hybridized carbons (Fsp3) is 0.600. The van der Waals surface area contributed by atoms with Gasteiger partial charge in [0.15, 0.2) is 0 Å². The normalized spacial score (nSPS) is 17.8. The molecule has 0 saturated carbocycles. The first kappa shape index (κ1) is 17.9. The maximum atomic E-state index is 12.8. The molecule has 2 N–H and O–H groups in total. The van der Waals surface area contributed by atoms with Crippen molar-refractivity contribution < 1.29 is 13.2 Å². The molecule has 0 unspecified atom stereocenters. The molecule has 124 valence electrons. The fourth-order valence-corrected chi connectivity index (χ4v) is 5.02. The highest BCUT2D eigenvalue weighted by Crippen LogP contribution is 2.29. The van der Waals surface area contributed by atoms with Gasteiger partial charge < -0.3 is 10.5 Å². The van der Waals surface area contributed by atoms with Crippen LogP contribution in [0.4, 0.5) is 0 Å². The lowest BCUT2D eigenvalue weighted by atomic mass is 10.1. The van der Waals surface area contributed by atoms with Gasteiger partial charge in [0.05, 0.1) is 11.0 Å². The summed E-state index contributed by atoms with van der Waals surface area (Å²) in [5, 5.41) is 0. The molecule has 5 nitrogen and oxygen atoms in total. The third kappa shape index (κ3) is 4.08. The van der Waals surface area contributed by atoms with Crippen LogP contribution in [0.1, 0.15) is 24.8 Å². The van der Waals surface area contributed by atoms with Crippen LogP contribution in [0.15, 0.2) is 27.6 Å². The average Bonchev–Trinajstić information content (AvgIpc) is 2.50. The summed E-state index contributed by atoms with van der Waals surface area (Å²) in [6.07, 6.45) is 2.44. The number of hydrogen-bond acceptors (Lipinski definition) is 4. The lowest BCUT2D eigenvalue weighted by molar-refractivity contribution is 0.0209. The zero-order valence-corrected chi connectivity index (χ0v) is 15.2. The van der Waals surface area contributed by atoms with Crippen LogP contribution in [-0.4, -0.2) is 45.1 Å². The Hall–Kier alpha value is -0.470. The first-order chi connectivity index (χ1) is 10.5. The second-order valence-electron chi connectivity index (χ2n) is 5.50. The van der Waals surface area contributed by atoms with Gasteiger partial charge in [-0.3, -0.25) is 0 Å². The van der Waals surface area contributed by atoms with Crippen molar-refractivity contribution in [2.24, 2.45) is 5.73 Å². The van der Waals surface area contributed by atoms with Crippen LogP contribution in [0.3, 0.4) is 0 Å². The molecule has 2 rings (SSSR count). The van der Waals surface area contributed by atoms with Gasteiger partial charge in [-0.25, -0.2) is 8.42 Å². The van der Waals surface area contributed by atoms with E-state index < -0.39 is 10.0 Å². The standard InChI is InChI=1S/C15H23BrN2O3S/c1-12-4-2-5-14(15(12)16)22(19,20)18-9-6-13(7-10-18)21-11-3-8-17/h2,4-5,13H,3,6-11,17H2,1H3. The van der Waals surface area contributed by atoms with Crippen molar-refractivity contribution in [2.45, 2.75) is 37.2 Å². The number of piperidine rings is 1. The minimum atomic E-state index is -3.45. The summed E-state index contributed by atoms with van der Waals surface area (Å²) in [6, 6.07) is 5.31. The minimum Gasteiger partial charge on any atom is -0.378 e. The molecule has 0 radical (unpaired) electrons. The van der Waals surface area contributed by atoms with Gasteiger partial charge >= 0.3 is 0 Å². The third-order valence-electron chi connectivity index (χ3n) is 3.88. The quantitative estimate of drug-likeness (QED) is 0.756. The van der Waals surface area contributed by atoms with Crippen LogP contribution >= 0.6 is 15.9 Å². The molecule has 0 aromatic heterocycles. The van der Waals surface area contributed by atoms with Crippen LogP contribution in [0.5, 0.6) is 0 Å².